The van der Waals surface area contributed by atoms with Crippen LogP contribution in [0.2, 0.25) is 0 Å². The van der Waals surface area contributed by atoms with E-state index in [1.54, 1.807) is 7.11 Å². The zero-order valence-electron chi connectivity index (χ0n) is 23.4. The minimum atomic E-state index is 0.488. The van der Waals surface area contributed by atoms with Gasteiger partial charge < -0.3 is 20.4 Å². The van der Waals surface area contributed by atoms with Crippen molar-refractivity contribution in [3.63, 3.8) is 0 Å². The molecule has 1 heterocycles. The lowest BCUT2D eigenvalue weighted by molar-refractivity contribution is -0.111. The molecule has 204 valence electrons. The molecule has 2 amide bonds. The number of rotatable bonds is 8. The number of hydrogen-bond acceptors (Lipinski definition) is 3. The number of hydrogen-bond donors (Lipinski definition) is 3. The SMILES string of the molecule is CC1CCCCC1.CCc1ccc2[nH]c(C)cc2c1.CCc1cccc(OC)c1.O=CNCCNC=O. The van der Waals surface area contributed by atoms with Gasteiger partial charge in [0.05, 0.1) is 7.11 Å². The van der Waals surface area contributed by atoms with E-state index >= 15 is 0 Å². The van der Waals surface area contributed by atoms with Crippen molar-refractivity contribution in [1.29, 1.82) is 0 Å². The zero-order valence-corrected chi connectivity index (χ0v) is 23.4. The Morgan fingerprint density at radius 3 is 2.03 bits per heavy atom. The zero-order chi connectivity index (χ0) is 27.3. The number of nitrogens with one attached hydrogen (secondary N) is 3. The van der Waals surface area contributed by atoms with Crippen molar-refractivity contribution in [2.24, 2.45) is 5.92 Å². The van der Waals surface area contributed by atoms with Gasteiger partial charge in [-0.05, 0) is 72.5 Å². The minimum absolute atomic E-state index is 0.488. The molecule has 6 nitrogen and oxygen atoms in total. The average Bonchev–Trinajstić information content (AvgIpc) is 3.32. The predicted molar refractivity (Wildman–Crippen MR) is 155 cm³/mol. The minimum Gasteiger partial charge on any atom is -0.497 e. The van der Waals surface area contributed by atoms with Gasteiger partial charge >= 0.3 is 0 Å². The van der Waals surface area contributed by atoms with Crippen LogP contribution in [0, 0.1) is 12.8 Å². The Morgan fingerprint density at radius 2 is 1.51 bits per heavy atom. The molecule has 1 aliphatic carbocycles. The van der Waals surface area contributed by atoms with Crippen LogP contribution in [0.3, 0.4) is 0 Å². The molecule has 3 aromatic rings. The largest absolute Gasteiger partial charge is 0.497 e. The van der Waals surface area contributed by atoms with Crippen LogP contribution in [0.5, 0.6) is 5.75 Å². The first-order valence-corrected chi connectivity index (χ1v) is 13.5. The summed E-state index contributed by atoms with van der Waals surface area (Å²) in [4.78, 5) is 22.4. The maximum absolute atomic E-state index is 9.54. The van der Waals surface area contributed by atoms with Crippen molar-refractivity contribution in [2.75, 3.05) is 20.2 Å². The fourth-order valence-corrected chi connectivity index (χ4v) is 4.01. The van der Waals surface area contributed by atoms with Gasteiger partial charge in [0.25, 0.3) is 0 Å². The van der Waals surface area contributed by atoms with Crippen LogP contribution < -0.4 is 15.4 Å². The molecule has 0 saturated heterocycles. The third-order valence-electron chi connectivity index (χ3n) is 6.24. The molecule has 4 rings (SSSR count). The van der Waals surface area contributed by atoms with Crippen LogP contribution >= 0.6 is 0 Å². The number of benzene rings is 2. The number of methoxy groups -OCH3 is 1. The van der Waals surface area contributed by atoms with E-state index in [1.807, 2.05) is 12.1 Å². The molecule has 37 heavy (non-hydrogen) atoms. The second-order valence-electron chi connectivity index (χ2n) is 9.32. The standard InChI is InChI=1S/C11H13N.C9H12O.C7H14.C4H8N2O2/c1-3-9-4-5-11-10(7-9)6-8(2)12-11;1-3-8-5-4-6-9(7-8)10-2;1-7-5-3-2-4-6-7;7-3-5-1-2-6-4-8/h4-7,12H,3H2,1-2H3;4-7H,3H2,1-2H3;7H,2-6H2,1H3;3-4H,1-2H2,(H,5,7)(H,6,8). The van der Waals surface area contributed by atoms with Crippen LogP contribution in [-0.4, -0.2) is 38.0 Å². The lowest BCUT2D eigenvalue weighted by Gasteiger charge is -2.15. The number of aromatic amines is 1. The van der Waals surface area contributed by atoms with E-state index in [0.29, 0.717) is 25.9 Å². The normalized spacial score (nSPS) is 12.5. The molecular formula is C31H47N3O3. The Balaban J connectivity index is 0.000000253. The van der Waals surface area contributed by atoms with Crippen molar-refractivity contribution < 1.29 is 14.3 Å². The van der Waals surface area contributed by atoms with Gasteiger partial charge in [0.15, 0.2) is 0 Å². The Bertz CT molecular complexity index is 981. The molecule has 1 aromatic heterocycles. The summed E-state index contributed by atoms with van der Waals surface area (Å²) in [6.07, 6.45) is 10.8. The highest BCUT2D eigenvalue weighted by Gasteiger charge is 2.06. The highest BCUT2D eigenvalue weighted by molar-refractivity contribution is 5.81. The van der Waals surface area contributed by atoms with Gasteiger partial charge in [-0.2, -0.15) is 0 Å². The second-order valence-corrected chi connectivity index (χ2v) is 9.32. The van der Waals surface area contributed by atoms with Gasteiger partial charge in [0, 0.05) is 24.3 Å². The van der Waals surface area contributed by atoms with Crippen LogP contribution in [0.1, 0.15) is 69.7 Å². The van der Waals surface area contributed by atoms with Crippen LogP contribution in [0.15, 0.2) is 48.5 Å². The fourth-order valence-electron chi connectivity index (χ4n) is 4.01. The van der Waals surface area contributed by atoms with E-state index < -0.39 is 0 Å². The average molecular weight is 510 g/mol. The van der Waals surface area contributed by atoms with Gasteiger partial charge in [-0.25, -0.2) is 0 Å². The number of carbonyl (C=O) groups excluding carboxylic acids is 2. The molecule has 6 heteroatoms. The summed E-state index contributed by atoms with van der Waals surface area (Å²) < 4.78 is 5.06. The number of fused-ring (bicyclic) bond motifs is 1. The van der Waals surface area contributed by atoms with Gasteiger partial charge in [0.1, 0.15) is 5.75 Å². The monoisotopic (exact) mass is 509 g/mol. The summed E-state index contributed by atoms with van der Waals surface area (Å²) in [5.41, 5.74) is 5.20. The van der Waals surface area contributed by atoms with Crippen LogP contribution in [0.25, 0.3) is 10.9 Å². The number of carbonyl (C=O) groups is 2. The van der Waals surface area contributed by atoms with E-state index in [1.165, 1.54) is 59.8 Å². The molecule has 1 saturated carbocycles. The smallest absolute Gasteiger partial charge is 0.207 e. The summed E-state index contributed by atoms with van der Waals surface area (Å²) >= 11 is 0. The predicted octanol–water partition coefficient (Wildman–Crippen LogP) is 6.36. The summed E-state index contributed by atoms with van der Waals surface area (Å²) in [6, 6.07) is 16.9. The van der Waals surface area contributed by atoms with Crippen LogP contribution in [0.4, 0.5) is 0 Å². The van der Waals surface area contributed by atoms with Crippen molar-refractivity contribution in [3.8, 4) is 5.75 Å². The number of H-pyrrole nitrogens is 1. The number of ether oxygens (including phenoxy) is 1. The molecule has 1 fully saturated rings. The van der Waals surface area contributed by atoms with E-state index in [-0.39, 0.29) is 0 Å². The molecule has 0 bridgehead atoms. The molecular weight excluding hydrogens is 462 g/mol. The number of amides is 2. The summed E-state index contributed by atoms with van der Waals surface area (Å²) in [7, 11) is 1.69. The molecule has 0 aliphatic heterocycles. The van der Waals surface area contributed by atoms with Gasteiger partial charge in [-0.15, -0.1) is 0 Å². The highest BCUT2D eigenvalue weighted by atomic mass is 16.5. The lowest BCUT2D eigenvalue weighted by Crippen LogP contribution is -2.25. The van der Waals surface area contributed by atoms with Crippen molar-refractivity contribution >= 4 is 23.7 Å². The number of aryl methyl sites for hydroxylation is 3. The Morgan fingerprint density at radius 1 is 0.892 bits per heavy atom. The Kier molecular flexibility index (Phi) is 17.0. The third kappa shape index (κ3) is 14.1. The summed E-state index contributed by atoms with van der Waals surface area (Å²) in [5.74, 6) is 1.98. The molecule has 2 aromatic carbocycles. The van der Waals surface area contributed by atoms with Gasteiger partial charge in [-0.1, -0.05) is 71.1 Å². The molecule has 0 unspecified atom stereocenters. The van der Waals surface area contributed by atoms with Crippen LogP contribution in [-0.2, 0) is 22.4 Å². The molecule has 1 aliphatic rings. The number of aromatic nitrogens is 1. The quantitative estimate of drug-likeness (QED) is 0.244. The second kappa shape index (κ2) is 19.9. The third-order valence-corrected chi connectivity index (χ3v) is 6.24. The molecule has 3 N–H and O–H groups in total. The summed E-state index contributed by atoms with van der Waals surface area (Å²) in [6.45, 7) is 9.74. The maximum Gasteiger partial charge on any atom is 0.207 e. The fraction of sp³-hybridized carbons (Fsp3) is 0.484. The first-order valence-electron chi connectivity index (χ1n) is 13.5. The highest BCUT2D eigenvalue weighted by Crippen LogP contribution is 2.22. The Hall–Kier alpha value is -3.28. The summed E-state index contributed by atoms with van der Waals surface area (Å²) in [5, 5.41) is 6.09. The van der Waals surface area contributed by atoms with E-state index in [0.717, 1.165) is 24.5 Å². The first kappa shape index (κ1) is 31.7. The maximum atomic E-state index is 9.54. The van der Waals surface area contributed by atoms with Crippen molar-refractivity contribution in [1.82, 2.24) is 15.6 Å². The van der Waals surface area contributed by atoms with E-state index in [9.17, 15) is 9.59 Å². The molecule has 0 radical (unpaired) electrons. The van der Waals surface area contributed by atoms with Crippen molar-refractivity contribution in [3.05, 3.63) is 65.4 Å². The van der Waals surface area contributed by atoms with Gasteiger partial charge in [-0.3, -0.25) is 9.59 Å². The van der Waals surface area contributed by atoms with Gasteiger partial charge in [0.2, 0.25) is 12.8 Å². The van der Waals surface area contributed by atoms with E-state index in [4.69, 9.17) is 4.74 Å². The Labute approximate surface area is 223 Å². The van der Waals surface area contributed by atoms with Crippen molar-refractivity contribution in [2.45, 2.75) is 72.6 Å². The van der Waals surface area contributed by atoms with E-state index in [2.05, 4.69) is 79.7 Å². The topological polar surface area (TPSA) is 83.2 Å². The molecule has 0 spiro atoms. The lowest BCUT2D eigenvalue weighted by atomic mass is 9.91. The first-order chi connectivity index (χ1) is 18.0. The molecule has 0 atom stereocenters.